The minimum Gasteiger partial charge on any atom is -0.390 e. The second-order valence-corrected chi connectivity index (χ2v) is 3.30. The Balaban J connectivity index is 4.21. The van der Waals surface area contributed by atoms with Gasteiger partial charge in [-0.15, -0.1) is 0 Å². The van der Waals surface area contributed by atoms with Crippen LogP contribution in [0.1, 0.15) is 20.8 Å². The lowest BCUT2D eigenvalue weighted by Gasteiger charge is -2.36. The summed E-state index contributed by atoms with van der Waals surface area (Å²) >= 11 is 0. The first-order valence-electron chi connectivity index (χ1n) is 4.63. The molecule has 0 aliphatic carbocycles. The Kier molecular flexibility index (Phi) is 5.46. The van der Waals surface area contributed by atoms with Gasteiger partial charge in [0.2, 0.25) is 0 Å². The second kappa shape index (κ2) is 5.51. The van der Waals surface area contributed by atoms with Crippen LogP contribution < -0.4 is 0 Å². The molecule has 0 aliphatic rings. The Morgan fingerprint density at radius 2 is 1.42 bits per heavy atom. The van der Waals surface area contributed by atoms with Crippen molar-refractivity contribution in [2.45, 2.75) is 33.0 Å². The number of aliphatic hydroxyl groups is 1. The number of rotatable bonds is 5. The molecular weight excluding hydrogens is 152 g/mol. The molecule has 1 N–H and O–H groups in total. The van der Waals surface area contributed by atoms with Crippen molar-refractivity contribution in [1.29, 1.82) is 0 Å². The number of likely N-dealkylation sites (N-methyl/N-ethyl adjacent to an activating group) is 2. The molecule has 0 aromatic heterocycles. The highest BCUT2D eigenvalue weighted by Crippen LogP contribution is 2.06. The summed E-state index contributed by atoms with van der Waals surface area (Å²) in [5.74, 6) is 0. The van der Waals surface area contributed by atoms with Crippen LogP contribution in [0.3, 0.4) is 0 Å². The molecule has 0 radical (unpaired) electrons. The predicted molar refractivity (Wildman–Crippen MR) is 52.1 cm³/mol. The van der Waals surface area contributed by atoms with E-state index in [2.05, 4.69) is 23.6 Å². The van der Waals surface area contributed by atoms with Crippen LogP contribution in [0.25, 0.3) is 0 Å². The topological polar surface area (TPSA) is 26.7 Å². The van der Waals surface area contributed by atoms with Crippen molar-refractivity contribution in [1.82, 2.24) is 9.80 Å². The molecule has 0 aromatic rings. The molecule has 3 heteroatoms. The highest BCUT2D eigenvalue weighted by Gasteiger charge is 2.21. The van der Waals surface area contributed by atoms with Gasteiger partial charge in [0, 0.05) is 0 Å². The molecule has 0 amide bonds. The van der Waals surface area contributed by atoms with Crippen molar-refractivity contribution < 1.29 is 5.11 Å². The first kappa shape index (κ1) is 11.9. The van der Waals surface area contributed by atoms with Crippen LogP contribution in [0.2, 0.25) is 0 Å². The van der Waals surface area contributed by atoms with Crippen molar-refractivity contribution in [2.75, 3.05) is 27.2 Å². The van der Waals surface area contributed by atoms with Crippen molar-refractivity contribution >= 4 is 0 Å². The molecular formula is C9H22N2O. The normalized spacial score (nSPS) is 14.8. The minimum atomic E-state index is -0.306. The van der Waals surface area contributed by atoms with Gasteiger partial charge in [0.05, 0.1) is 12.3 Å². The van der Waals surface area contributed by atoms with Crippen LogP contribution in [0, 0.1) is 0 Å². The summed E-state index contributed by atoms with van der Waals surface area (Å²) in [4.78, 5) is 4.29. The van der Waals surface area contributed by atoms with Crippen molar-refractivity contribution in [2.24, 2.45) is 0 Å². The van der Waals surface area contributed by atoms with Crippen LogP contribution in [-0.2, 0) is 0 Å². The monoisotopic (exact) mass is 174 g/mol. The zero-order valence-electron chi connectivity index (χ0n) is 8.91. The third-order valence-corrected chi connectivity index (χ3v) is 2.33. The number of aliphatic hydroxyl groups excluding tert-OH is 1. The fourth-order valence-corrected chi connectivity index (χ4v) is 1.45. The van der Waals surface area contributed by atoms with Crippen LogP contribution in [0.5, 0.6) is 0 Å². The first-order chi connectivity index (χ1) is 5.54. The van der Waals surface area contributed by atoms with Gasteiger partial charge in [-0.2, -0.15) is 0 Å². The predicted octanol–water partition coefficient (Wildman–Crippen LogP) is 0.597. The molecule has 0 aliphatic heterocycles. The van der Waals surface area contributed by atoms with E-state index in [-0.39, 0.29) is 12.3 Å². The lowest BCUT2D eigenvalue weighted by Crippen LogP contribution is -2.50. The van der Waals surface area contributed by atoms with E-state index in [4.69, 9.17) is 0 Å². The SMILES string of the molecule is CCN(C)C(C(C)O)N(C)CC. The van der Waals surface area contributed by atoms with Gasteiger partial charge in [-0.1, -0.05) is 13.8 Å². The fraction of sp³-hybridized carbons (Fsp3) is 1.00. The first-order valence-corrected chi connectivity index (χ1v) is 4.63. The number of hydrogen-bond donors (Lipinski definition) is 1. The van der Waals surface area contributed by atoms with Gasteiger partial charge in [0.25, 0.3) is 0 Å². The van der Waals surface area contributed by atoms with E-state index < -0.39 is 0 Å². The zero-order chi connectivity index (χ0) is 9.72. The van der Waals surface area contributed by atoms with E-state index in [0.717, 1.165) is 13.1 Å². The molecule has 3 nitrogen and oxygen atoms in total. The standard InChI is InChI=1S/C9H22N2O/c1-6-10(4)9(8(3)12)11(5)7-2/h8-9,12H,6-7H2,1-5H3. The molecule has 1 unspecified atom stereocenters. The number of hydrogen-bond acceptors (Lipinski definition) is 3. The Morgan fingerprint density at radius 1 is 1.08 bits per heavy atom. The summed E-state index contributed by atoms with van der Waals surface area (Å²) in [7, 11) is 4.06. The lowest BCUT2D eigenvalue weighted by atomic mass is 10.2. The quantitative estimate of drug-likeness (QED) is 0.618. The van der Waals surface area contributed by atoms with Crippen LogP contribution in [-0.4, -0.2) is 54.4 Å². The summed E-state index contributed by atoms with van der Waals surface area (Å²) in [6, 6.07) is 0. The van der Waals surface area contributed by atoms with Gasteiger partial charge in [0.1, 0.15) is 0 Å². The van der Waals surface area contributed by atoms with Gasteiger partial charge in [0.15, 0.2) is 0 Å². The Hall–Kier alpha value is -0.120. The molecule has 12 heavy (non-hydrogen) atoms. The van der Waals surface area contributed by atoms with Crippen LogP contribution >= 0.6 is 0 Å². The molecule has 74 valence electrons. The fourth-order valence-electron chi connectivity index (χ4n) is 1.45. The second-order valence-electron chi connectivity index (χ2n) is 3.30. The Morgan fingerprint density at radius 3 is 1.58 bits per heavy atom. The van der Waals surface area contributed by atoms with E-state index in [0.29, 0.717) is 0 Å². The van der Waals surface area contributed by atoms with E-state index in [1.54, 1.807) is 0 Å². The van der Waals surface area contributed by atoms with Gasteiger partial charge in [-0.3, -0.25) is 9.80 Å². The maximum absolute atomic E-state index is 9.53. The average molecular weight is 174 g/mol. The molecule has 0 spiro atoms. The summed E-state index contributed by atoms with van der Waals surface area (Å²) in [6.45, 7) is 7.94. The van der Waals surface area contributed by atoms with E-state index in [9.17, 15) is 5.11 Å². The number of nitrogens with zero attached hydrogens (tertiary/aromatic N) is 2. The summed E-state index contributed by atoms with van der Waals surface area (Å²) in [5, 5.41) is 9.53. The lowest BCUT2D eigenvalue weighted by molar-refractivity contribution is -0.0112. The molecule has 1 atom stereocenters. The van der Waals surface area contributed by atoms with Gasteiger partial charge in [-0.25, -0.2) is 0 Å². The molecule has 0 bridgehead atoms. The van der Waals surface area contributed by atoms with E-state index in [1.807, 2.05) is 21.0 Å². The Labute approximate surface area is 76.0 Å². The maximum atomic E-state index is 9.53. The molecule has 0 aromatic carbocycles. The maximum Gasteiger partial charge on any atom is 0.0882 e. The smallest absolute Gasteiger partial charge is 0.0882 e. The van der Waals surface area contributed by atoms with Crippen LogP contribution in [0.4, 0.5) is 0 Å². The van der Waals surface area contributed by atoms with Gasteiger partial charge in [-0.05, 0) is 34.1 Å². The van der Waals surface area contributed by atoms with Gasteiger partial charge < -0.3 is 5.11 Å². The van der Waals surface area contributed by atoms with Crippen molar-refractivity contribution in [3.63, 3.8) is 0 Å². The molecule has 0 rings (SSSR count). The summed E-state index contributed by atoms with van der Waals surface area (Å²) < 4.78 is 0. The third-order valence-electron chi connectivity index (χ3n) is 2.33. The Bertz CT molecular complexity index is 107. The average Bonchev–Trinajstić information content (AvgIpc) is 2.03. The van der Waals surface area contributed by atoms with Crippen molar-refractivity contribution in [3.8, 4) is 0 Å². The van der Waals surface area contributed by atoms with E-state index in [1.165, 1.54) is 0 Å². The molecule has 0 heterocycles. The summed E-state index contributed by atoms with van der Waals surface area (Å²) in [6.07, 6.45) is -0.167. The third kappa shape index (κ3) is 3.09. The largest absolute Gasteiger partial charge is 0.390 e. The highest BCUT2D eigenvalue weighted by atomic mass is 16.3. The zero-order valence-corrected chi connectivity index (χ0v) is 8.91. The van der Waals surface area contributed by atoms with Gasteiger partial charge >= 0.3 is 0 Å². The molecule has 0 fully saturated rings. The summed E-state index contributed by atoms with van der Waals surface area (Å²) in [5.41, 5.74) is 0. The molecule has 0 saturated heterocycles. The molecule has 0 saturated carbocycles. The van der Waals surface area contributed by atoms with Crippen molar-refractivity contribution in [3.05, 3.63) is 0 Å². The highest BCUT2D eigenvalue weighted by molar-refractivity contribution is 4.71. The van der Waals surface area contributed by atoms with E-state index >= 15 is 0 Å². The van der Waals surface area contributed by atoms with Crippen LogP contribution in [0.15, 0.2) is 0 Å². The minimum absolute atomic E-state index is 0.139.